The quantitative estimate of drug-likeness (QED) is 0.935. The molecule has 0 radical (unpaired) electrons. The first-order chi connectivity index (χ1) is 10.3. The van der Waals surface area contributed by atoms with E-state index in [2.05, 4.69) is 0 Å². The monoisotopic (exact) mass is 283 g/mol. The molecule has 2 unspecified atom stereocenters. The predicted molar refractivity (Wildman–Crippen MR) is 84.0 cm³/mol. The number of hydrogen-bond acceptors (Lipinski definition) is 3. The number of anilines is 1. The maximum atomic E-state index is 10.6. The van der Waals surface area contributed by atoms with Crippen LogP contribution in [-0.4, -0.2) is 24.0 Å². The second kappa shape index (κ2) is 6.74. The fourth-order valence-electron chi connectivity index (χ4n) is 2.79. The molecule has 0 amide bonds. The van der Waals surface area contributed by atoms with Crippen LogP contribution in [0.1, 0.15) is 18.4 Å². The third-order valence-electron chi connectivity index (χ3n) is 3.93. The van der Waals surface area contributed by atoms with Gasteiger partial charge in [0, 0.05) is 12.2 Å². The molecule has 2 atom stereocenters. The molecule has 1 saturated heterocycles. The van der Waals surface area contributed by atoms with E-state index in [1.165, 1.54) is 0 Å². The van der Waals surface area contributed by atoms with Crippen molar-refractivity contribution in [3.63, 3.8) is 0 Å². The summed E-state index contributed by atoms with van der Waals surface area (Å²) in [7, 11) is 0. The van der Waals surface area contributed by atoms with Crippen molar-refractivity contribution in [3.05, 3.63) is 66.2 Å². The fraction of sp³-hybridized carbons (Fsp3) is 0.333. The summed E-state index contributed by atoms with van der Waals surface area (Å²) >= 11 is 0. The molecule has 0 bridgehead atoms. The van der Waals surface area contributed by atoms with Crippen LogP contribution in [0.15, 0.2) is 60.7 Å². The molecule has 3 heteroatoms. The van der Waals surface area contributed by atoms with Gasteiger partial charge in [-0.05, 0) is 30.5 Å². The van der Waals surface area contributed by atoms with Crippen molar-refractivity contribution in [2.24, 2.45) is 0 Å². The van der Waals surface area contributed by atoms with Crippen molar-refractivity contribution in [3.8, 4) is 0 Å². The largest absolute Gasteiger partial charge is 0.371 e. The highest BCUT2D eigenvalue weighted by Gasteiger charge is 2.30. The third kappa shape index (κ3) is 3.43. The van der Waals surface area contributed by atoms with Gasteiger partial charge in [-0.15, -0.1) is 0 Å². The van der Waals surface area contributed by atoms with Crippen LogP contribution < -0.4 is 4.90 Å². The molecule has 1 N–H and O–H groups in total. The maximum absolute atomic E-state index is 10.6. The van der Waals surface area contributed by atoms with Gasteiger partial charge in [0.1, 0.15) is 6.10 Å². The highest BCUT2D eigenvalue weighted by atomic mass is 16.5. The van der Waals surface area contributed by atoms with E-state index >= 15 is 0 Å². The van der Waals surface area contributed by atoms with E-state index < -0.39 is 6.23 Å². The number of piperidine rings is 1. The molecule has 1 heterocycles. The van der Waals surface area contributed by atoms with Gasteiger partial charge in [0.05, 0.1) is 6.61 Å². The number of aliphatic hydroxyl groups is 1. The van der Waals surface area contributed by atoms with Crippen LogP contribution in [-0.2, 0) is 11.3 Å². The molecular weight excluding hydrogens is 262 g/mol. The first kappa shape index (κ1) is 14.1. The van der Waals surface area contributed by atoms with Crippen LogP contribution in [0.3, 0.4) is 0 Å². The molecule has 1 fully saturated rings. The van der Waals surface area contributed by atoms with Crippen molar-refractivity contribution in [1.29, 1.82) is 0 Å². The standard InChI is InChI=1S/C18H21NO2/c20-18-17(21-14-15-8-3-1-4-9-15)12-7-13-19(18)16-10-5-2-6-11-16/h1-6,8-11,17-18,20H,7,12-14H2. The number of rotatable bonds is 4. The fourth-order valence-corrected chi connectivity index (χ4v) is 2.79. The van der Waals surface area contributed by atoms with Gasteiger partial charge in [-0.2, -0.15) is 0 Å². The van der Waals surface area contributed by atoms with E-state index in [4.69, 9.17) is 4.74 Å². The lowest BCUT2D eigenvalue weighted by atomic mass is 10.0. The molecule has 0 saturated carbocycles. The van der Waals surface area contributed by atoms with Gasteiger partial charge in [-0.3, -0.25) is 0 Å². The molecule has 1 aliphatic heterocycles. The van der Waals surface area contributed by atoms with E-state index in [9.17, 15) is 5.11 Å². The zero-order valence-electron chi connectivity index (χ0n) is 12.1. The lowest BCUT2D eigenvalue weighted by molar-refractivity contribution is -0.0612. The topological polar surface area (TPSA) is 32.7 Å². The lowest BCUT2D eigenvalue weighted by Gasteiger charge is -2.39. The third-order valence-corrected chi connectivity index (χ3v) is 3.93. The summed E-state index contributed by atoms with van der Waals surface area (Å²) in [6, 6.07) is 20.1. The second-order valence-electron chi connectivity index (χ2n) is 5.42. The molecule has 0 aliphatic carbocycles. The first-order valence-electron chi connectivity index (χ1n) is 7.50. The Balaban J connectivity index is 1.64. The molecular formula is C18H21NO2. The normalized spacial score (nSPS) is 22.2. The van der Waals surface area contributed by atoms with Crippen molar-refractivity contribution in [1.82, 2.24) is 0 Å². The molecule has 1 aliphatic rings. The summed E-state index contributed by atoms with van der Waals surface area (Å²) in [5, 5.41) is 10.6. The van der Waals surface area contributed by atoms with E-state index in [0.29, 0.717) is 6.61 Å². The smallest absolute Gasteiger partial charge is 0.153 e. The van der Waals surface area contributed by atoms with Gasteiger partial charge in [-0.1, -0.05) is 48.5 Å². The summed E-state index contributed by atoms with van der Waals surface area (Å²) in [6.07, 6.45) is 1.21. The van der Waals surface area contributed by atoms with Crippen molar-refractivity contribution < 1.29 is 9.84 Å². The molecule has 2 aromatic carbocycles. The number of benzene rings is 2. The van der Waals surface area contributed by atoms with Crippen LogP contribution in [0.4, 0.5) is 5.69 Å². The van der Waals surface area contributed by atoms with Crippen molar-refractivity contribution in [2.75, 3.05) is 11.4 Å². The average molecular weight is 283 g/mol. The Morgan fingerprint density at radius 2 is 1.67 bits per heavy atom. The van der Waals surface area contributed by atoms with Crippen molar-refractivity contribution in [2.45, 2.75) is 31.8 Å². The van der Waals surface area contributed by atoms with Crippen LogP contribution in [0.5, 0.6) is 0 Å². The van der Waals surface area contributed by atoms with E-state index in [0.717, 1.165) is 30.6 Å². The molecule has 0 aromatic heterocycles. The number of para-hydroxylation sites is 1. The van der Waals surface area contributed by atoms with Gasteiger partial charge >= 0.3 is 0 Å². The number of aliphatic hydroxyl groups excluding tert-OH is 1. The Morgan fingerprint density at radius 1 is 1.00 bits per heavy atom. The van der Waals surface area contributed by atoms with Crippen LogP contribution in [0.2, 0.25) is 0 Å². The average Bonchev–Trinajstić information content (AvgIpc) is 2.56. The number of nitrogens with zero attached hydrogens (tertiary/aromatic N) is 1. The van der Waals surface area contributed by atoms with Crippen molar-refractivity contribution >= 4 is 5.69 Å². The highest BCUT2D eigenvalue weighted by Crippen LogP contribution is 2.25. The van der Waals surface area contributed by atoms with Crippen LogP contribution in [0, 0.1) is 0 Å². The first-order valence-corrected chi connectivity index (χ1v) is 7.50. The Bertz CT molecular complexity index is 544. The Kier molecular flexibility index (Phi) is 4.53. The molecule has 110 valence electrons. The second-order valence-corrected chi connectivity index (χ2v) is 5.42. The highest BCUT2D eigenvalue weighted by molar-refractivity contribution is 5.47. The Labute approximate surface area is 125 Å². The minimum Gasteiger partial charge on any atom is -0.371 e. The lowest BCUT2D eigenvalue weighted by Crippen LogP contribution is -2.49. The summed E-state index contributed by atoms with van der Waals surface area (Å²) in [5.74, 6) is 0. The summed E-state index contributed by atoms with van der Waals surface area (Å²) in [5.41, 5.74) is 2.19. The van der Waals surface area contributed by atoms with E-state index in [-0.39, 0.29) is 6.10 Å². The zero-order valence-corrected chi connectivity index (χ0v) is 12.1. The molecule has 0 spiro atoms. The molecule has 3 rings (SSSR count). The van der Waals surface area contributed by atoms with E-state index in [1.807, 2.05) is 65.6 Å². The van der Waals surface area contributed by atoms with Gasteiger partial charge in [-0.25, -0.2) is 0 Å². The molecule has 3 nitrogen and oxygen atoms in total. The number of ether oxygens (including phenoxy) is 1. The summed E-state index contributed by atoms with van der Waals surface area (Å²) in [4.78, 5) is 2.03. The predicted octanol–water partition coefficient (Wildman–Crippen LogP) is 3.19. The Hall–Kier alpha value is -1.84. The molecule has 2 aromatic rings. The zero-order chi connectivity index (χ0) is 14.5. The van der Waals surface area contributed by atoms with Crippen LogP contribution in [0.25, 0.3) is 0 Å². The molecule has 21 heavy (non-hydrogen) atoms. The summed E-state index contributed by atoms with van der Waals surface area (Å²) in [6.45, 7) is 1.42. The van der Waals surface area contributed by atoms with E-state index in [1.54, 1.807) is 0 Å². The minimum absolute atomic E-state index is 0.140. The van der Waals surface area contributed by atoms with Crippen LogP contribution >= 0.6 is 0 Å². The van der Waals surface area contributed by atoms with Gasteiger partial charge < -0.3 is 14.7 Å². The van der Waals surface area contributed by atoms with Gasteiger partial charge in [0.2, 0.25) is 0 Å². The maximum Gasteiger partial charge on any atom is 0.153 e. The SMILES string of the molecule is OC1C(OCc2ccccc2)CCCN1c1ccccc1. The van der Waals surface area contributed by atoms with Gasteiger partial charge in [0.15, 0.2) is 6.23 Å². The minimum atomic E-state index is -0.579. The van der Waals surface area contributed by atoms with Gasteiger partial charge in [0.25, 0.3) is 0 Å². The summed E-state index contributed by atoms with van der Waals surface area (Å²) < 4.78 is 5.94. The Morgan fingerprint density at radius 3 is 2.38 bits per heavy atom. The number of hydrogen-bond donors (Lipinski definition) is 1.